The summed E-state index contributed by atoms with van der Waals surface area (Å²) in [4.78, 5) is 36.5. The zero-order valence-electron chi connectivity index (χ0n) is 28.8. The minimum atomic E-state index is -1.21. The van der Waals surface area contributed by atoms with Gasteiger partial charge >= 0.3 is 0 Å². The van der Waals surface area contributed by atoms with Crippen molar-refractivity contribution in [3.05, 3.63) is 96.0 Å². The number of ether oxygens (including phenoxy) is 1. The van der Waals surface area contributed by atoms with Crippen LogP contribution < -0.4 is 5.32 Å². The van der Waals surface area contributed by atoms with Crippen LogP contribution in [0.4, 0.5) is 0 Å². The summed E-state index contributed by atoms with van der Waals surface area (Å²) >= 11 is 0. The number of nitrogens with zero attached hydrogens (tertiary/aromatic N) is 4. The van der Waals surface area contributed by atoms with E-state index in [1.807, 2.05) is 41.3 Å². The molecule has 0 unspecified atom stereocenters. The third-order valence-corrected chi connectivity index (χ3v) is 10.7. The number of nitrogens with one attached hydrogen (secondary N) is 1. The van der Waals surface area contributed by atoms with Crippen molar-refractivity contribution >= 4 is 30.9 Å². The molecule has 47 heavy (non-hydrogen) atoms. The second-order valence-corrected chi connectivity index (χ2v) is 20.5. The Kier molecular flexibility index (Phi) is 10.5. The van der Waals surface area contributed by atoms with Crippen LogP contribution in [-0.2, 0) is 28.2 Å². The minimum absolute atomic E-state index is 0.0135. The van der Waals surface area contributed by atoms with Crippen molar-refractivity contribution in [2.75, 3.05) is 19.7 Å². The van der Waals surface area contributed by atoms with E-state index in [9.17, 15) is 9.59 Å². The molecular formula is C38H49N5O3Si. The SMILES string of the molecule is C=CC(=O)N1CCC(c2cn(COCC[Si](C)(C)C)c3ncnc(-c4ccc(CNC(=O)c5ccc(C(C)(C)C)cc5)cc4)c23)CC1. The molecule has 1 saturated heterocycles. The molecule has 1 fully saturated rings. The van der Waals surface area contributed by atoms with E-state index >= 15 is 0 Å². The molecule has 0 bridgehead atoms. The summed E-state index contributed by atoms with van der Waals surface area (Å²) < 4.78 is 8.28. The lowest BCUT2D eigenvalue weighted by Crippen LogP contribution is -2.36. The molecule has 4 aromatic rings. The third kappa shape index (κ3) is 8.45. The summed E-state index contributed by atoms with van der Waals surface area (Å²) in [5.74, 6) is 0.164. The van der Waals surface area contributed by atoms with E-state index in [1.165, 1.54) is 17.2 Å². The van der Waals surface area contributed by atoms with Crippen LogP contribution in [0.15, 0.2) is 73.7 Å². The summed E-state index contributed by atoms with van der Waals surface area (Å²) in [6.45, 7) is 20.2. The highest BCUT2D eigenvalue weighted by atomic mass is 28.3. The molecule has 8 nitrogen and oxygen atoms in total. The minimum Gasteiger partial charge on any atom is -0.361 e. The van der Waals surface area contributed by atoms with Crippen molar-refractivity contribution < 1.29 is 14.3 Å². The van der Waals surface area contributed by atoms with Crippen LogP contribution in [0.1, 0.15) is 66.6 Å². The smallest absolute Gasteiger partial charge is 0.251 e. The highest BCUT2D eigenvalue weighted by molar-refractivity contribution is 6.76. The van der Waals surface area contributed by atoms with Crippen molar-refractivity contribution in [3.63, 3.8) is 0 Å². The van der Waals surface area contributed by atoms with E-state index in [0.717, 1.165) is 53.3 Å². The van der Waals surface area contributed by atoms with E-state index in [4.69, 9.17) is 14.7 Å². The maximum absolute atomic E-state index is 12.9. The van der Waals surface area contributed by atoms with Gasteiger partial charge in [-0.05, 0) is 65.1 Å². The molecule has 1 N–H and O–H groups in total. The quantitative estimate of drug-likeness (QED) is 0.103. The van der Waals surface area contributed by atoms with Crippen molar-refractivity contribution in [1.82, 2.24) is 24.8 Å². The van der Waals surface area contributed by atoms with Gasteiger partial charge in [-0.2, -0.15) is 0 Å². The summed E-state index contributed by atoms with van der Waals surface area (Å²) in [6.07, 6.45) is 6.94. The fourth-order valence-corrected chi connectivity index (χ4v) is 6.80. The zero-order valence-corrected chi connectivity index (χ0v) is 29.8. The van der Waals surface area contributed by atoms with Gasteiger partial charge in [0.1, 0.15) is 18.7 Å². The lowest BCUT2D eigenvalue weighted by Gasteiger charge is -2.31. The second kappa shape index (κ2) is 14.4. The molecule has 0 atom stereocenters. The first-order valence-electron chi connectivity index (χ1n) is 16.6. The van der Waals surface area contributed by atoms with Gasteiger partial charge in [-0.15, -0.1) is 0 Å². The Morgan fingerprint density at radius 3 is 2.32 bits per heavy atom. The van der Waals surface area contributed by atoms with Gasteiger partial charge in [0.25, 0.3) is 5.91 Å². The van der Waals surface area contributed by atoms with Crippen LogP contribution >= 0.6 is 0 Å². The molecular weight excluding hydrogens is 603 g/mol. The molecule has 3 heterocycles. The Hall–Kier alpha value is -4.08. The Morgan fingerprint density at radius 2 is 1.70 bits per heavy atom. The van der Waals surface area contributed by atoms with Gasteiger partial charge in [0.05, 0.1) is 5.69 Å². The average molecular weight is 652 g/mol. The monoisotopic (exact) mass is 651 g/mol. The van der Waals surface area contributed by atoms with Crippen molar-refractivity contribution in [3.8, 4) is 11.3 Å². The molecule has 5 rings (SSSR count). The highest BCUT2D eigenvalue weighted by Gasteiger charge is 2.27. The highest BCUT2D eigenvalue weighted by Crippen LogP contribution is 2.38. The van der Waals surface area contributed by atoms with Crippen molar-refractivity contribution in [2.24, 2.45) is 0 Å². The van der Waals surface area contributed by atoms with Gasteiger partial charge in [-0.1, -0.05) is 83.4 Å². The Labute approximate surface area is 280 Å². The second-order valence-electron chi connectivity index (χ2n) is 14.8. The lowest BCUT2D eigenvalue weighted by atomic mass is 9.87. The van der Waals surface area contributed by atoms with Gasteiger partial charge in [-0.25, -0.2) is 9.97 Å². The van der Waals surface area contributed by atoms with Crippen LogP contribution in [0, 0.1) is 0 Å². The van der Waals surface area contributed by atoms with Gasteiger partial charge in [-0.3, -0.25) is 9.59 Å². The summed E-state index contributed by atoms with van der Waals surface area (Å²) in [6, 6.07) is 17.2. The number of piperidine rings is 1. The number of aromatic nitrogens is 3. The number of likely N-dealkylation sites (tertiary alicyclic amines) is 1. The summed E-state index contributed by atoms with van der Waals surface area (Å²) in [5.41, 5.74) is 6.82. The fraction of sp³-hybridized carbons (Fsp3) is 0.421. The predicted octanol–water partition coefficient (Wildman–Crippen LogP) is 7.53. The maximum atomic E-state index is 12.9. The van der Waals surface area contributed by atoms with E-state index in [2.05, 4.69) is 75.2 Å². The van der Waals surface area contributed by atoms with Crippen molar-refractivity contribution in [2.45, 2.75) is 83.9 Å². The number of amides is 2. The molecule has 1 aliphatic heterocycles. The largest absolute Gasteiger partial charge is 0.361 e. The van der Waals surface area contributed by atoms with Gasteiger partial charge < -0.3 is 19.5 Å². The van der Waals surface area contributed by atoms with Crippen LogP contribution in [0.25, 0.3) is 22.3 Å². The molecule has 2 aromatic carbocycles. The van der Waals surface area contributed by atoms with Gasteiger partial charge in [0, 0.05) is 57.0 Å². The molecule has 248 valence electrons. The number of hydrogen-bond acceptors (Lipinski definition) is 5. The van der Waals surface area contributed by atoms with E-state index in [1.54, 1.807) is 6.33 Å². The van der Waals surface area contributed by atoms with Gasteiger partial charge in [0.2, 0.25) is 5.91 Å². The average Bonchev–Trinajstić information content (AvgIpc) is 3.43. The van der Waals surface area contributed by atoms with Crippen LogP contribution in [-0.4, -0.2) is 59.0 Å². The maximum Gasteiger partial charge on any atom is 0.251 e. The first kappa shape index (κ1) is 34.3. The predicted molar refractivity (Wildman–Crippen MR) is 192 cm³/mol. The summed E-state index contributed by atoms with van der Waals surface area (Å²) in [5, 5.41) is 4.09. The molecule has 0 aliphatic carbocycles. The molecule has 2 amide bonds. The Balaban J connectivity index is 1.36. The van der Waals surface area contributed by atoms with Crippen LogP contribution in [0.5, 0.6) is 0 Å². The molecule has 2 aromatic heterocycles. The Morgan fingerprint density at radius 1 is 1.02 bits per heavy atom. The first-order chi connectivity index (χ1) is 22.3. The molecule has 0 spiro atoms. The fourth-order valence-electron chi connectivity index (χ4n) is 6.05. The number of benzene rings is 2. The van der Waals surface area contributed by atoms with Gasteiger partial charge in [0.15, 0.2) is 0 Å². The van der Waals surface area contributed by atoms with Crippen LogP contribution in [0.3, 0.4) is 0 Å². The molecule has 1 aliphatic rings. The Bertz CT molecular complexity index is 1710. The molecule has 9 heteroatoms. The lowest BCUT2D eigenvalue weighted by molar-refractivity contribution is -0.127. The van der Waals surface area contributed by atoms with E-state index in [0.29, 0.717) is 31.9 Å². The summed E-state index contributed by atoms with van der Waals surface area (Å²) in [7, 11) is -1.21. The standard InChI is InChI=1S/C38H49N5O3Si/c1-8-33(44)42-19-17-28(18-20-42)32-24-43(26-46-21-22-47(5,6)7)36-34(32)35(40-25-41-36)29-11-9-27(10-12-29)23-39-37(45)30-13-15-31(16-14-30)38(2,3)4/h8-16,24-25,28H,1,17-23,26H2,2-7H3,(H,39,45). The van der Waals surface area contributed by atoms with E-state index < -0.39 is 8.07 Å². The van der Waals surface area contributed by atoms with E-state index in [-0.39, 0.29) is 23.1 Å². The number of rotatable bonds is 11. The molecule has 0 saturated carbocycles. The van der Waals surface area contributed by atoms with Crippen molar-refractivity contribution in [1.29, 1.82) is 0 Å². The number of fused-ring (bicyclic) bond motifs is 1. The first-order valence-corrected chi connectivity index (χ1v) is 20.4. The third-order valence-electron chi connectivity index (χ3n) is 9.02. The number of carbonyl (C=O) groups excluding carboxylic acids is 2. The normalized spacial score (nSPS) is 14.4. The number of carbonyl (C=O) groups is 2. The zero-order chi connectivity index (χ0) is 33.8. The van der Waals surface area contributed by atoms with Crippen LogP contribution in [0.2, 0.25) is 25.7 Å². The molecule has 0 radical (unpaired) electrons. The number of hydrogen-bond donors (Lipinski definition) is 1. The topological polar surface area (TPSA) is 89.3 Å².